The number of ether oxygens (including phenoxy) is 1. The van der Waals surface area contributed by atoms with E-state index in [0.717, 1.165) is 51.4 Å². The molecule has 34 heavy (non-hydrogen) atoms. The highest BCUT2D eigenvalue weighted by molar-refractivity contribution is 5.74. The van der Waals surface area contributed by atoms with E-state index in [1.165, 1.54) is 0 Å². The van der Waals surface area contributed by atoms with Crippen LogP contribution in [0.4, 0.5) is 0 Å². The largest absolute Gasteiger partial charge is 0.481 e. The van der Waals surface area contributed by atoms with Gasteiger partial charge in [0.15, 0.2) is 0 Å². The third-order valence-electron chi connectivity index (χ3n) is 13.3. The van der Waals surface area contributed by atoms with E-state index in [2.05, 4.69) is 47.6 Å². The molecule has 5 aliphatic carbocycles. The average molecular weight is 471 g/mol. The Hall–Kier alpha value is -0.870. The van der Waals surface area contributed by atoms with Crippen molar-refractivity contribution >= 4 is 5.97 Å². The summed E-state index contributed by atoms with van der Waals surface area (Å²) >= 11 is 0. The Kier molecular flexibility index (Phi) is 4.51. The van der Waals surface area contributed by atoms with Crippen molar-refractivity contribution in [3.8, 4) is 0 Å². The lowest BCUT2D eigenvalue weighted by Gasteiger charge is -2.68. The number of carboxylic acid groups (broad SMARTS) is 1. The number of hydrogen-bond donors (Lipinski definition) is 2. The normalized spacial score (nSPS) is 59.4. The van der Waals surface area contributed by atoms with Gasteiger partial charge in [-0.1, -0.05) is 53.2 Å². The lowest BCUT2D eigenvalue weighted by Crippen LogP contribution is -2.65. The van der Waals surface area contributed by atoms with Gasteiger partial charge in [-0.25, -0.2) is 0 Å². The van der Waals surface area contributed by atoms with Crippen LogP contribution in [0, 0.1) is 50.2 Å². The molecule has 1 unspecified atom stereocenters. The molecule has 190 valence electrons. The van der Waals surface area contributed by atoms with Gasteiger partial charge in [-0.05, 0) is 91.8 Å². The summed E-state index contributed by atoms with van der Waals surface area (Å²) in [5.41, 5.74) is 1.24. The third-order valence-corrected chi connectivity index (χ3v) is 13.3. The van der Waals surface area contributed by atoms with Crippen LogP contribution in [-0.2, 0) is 9.53 Å². The SMILES string of the molecule is CC1(C)[C@@H](O)CC[C@]2(C)[C@H]3[C@@H]4OC4[C@]4(C)C(=CC[C@@]5(C)CC[C@](C)(C(=O)O)C[C@H]54)[C@]3(C)CC[C@@H]12. The molecule has 2 N–H and O–H groups in total. The molecule has 1 heterocycles. The van der Waals surface area contributed by atoms with Gasteiger partial charge in [0.05, 0.1) is 23.7 Å². The van der Waals surface area contributed by atoms with Gasteiger partial charge >= 0.3 is 5.97 Å². The van der Waals surface area contributed by atoms with E-state index in [0.29, 0.717) is 17.8 Å². The van der Waals surface area contributed by atoms with Gasteiger partial charge in [-0.15, -0.1) is 0 Å². The summed E-state index contributed by atoms with van der Waals surface area (Å²) in [6.07, 6.45) is 10.8. The van der Waals surface area contributed by atoms with Crippen LogP contribution in [0.25, 0.3) is 0 Å². The summed E-state index contributed by atoms with van der Waals surface area (Å²) in [6.45, 7) is 16.5. The van der Waals surface area contributed by atoms with E-state index in [-0.39, 0.29) is 45.4 Å². The van der Waals surface area contributed by atoms with Crippen LogP contribution in [0.5, 0.6) is 0 Å². The van der Waals surface area contributed by atoms with Crippen molar-refractivity contribution in [2.24, 2.45) is 50.2 Å². The molecule has 0 amide bonds. The van der Waals surface area contributed by atoms with Crippen LogP contribution >= 0.6 is 0 Å². The number of epoxide rings is 1. The van der Waals surface area contributed by atoms with Gasteiger partial charge in [0.2, 0.25) is 0 Å². The molecule has 4 nitrogen and oxygen atoms in total. The molecule has 4 saturated carbocycles. The van der Waals surface area contributed by atoms with Crippen molar-refractivity contribution < 1.29 is 19.7 Å². The molecule has 0 spiro atoms. The van der Waals surface area contributed by atoms with Crippen molar-refractivity contribution in [2.45, 2.75) is 118 Å². The number of hydrogen-bond acceptors (Lipinski definition) is 3. The molecule has 11 atom stereocenters. The fourth-order valence-corrected chi connectivity index (χ4v) is 11.2. The quantitative estimate of drug-likeness (QED) is 0.352. The maximum atomic E-state index is 12.3. The second-order valence-corrected chi connectivity index (χ2v) is 15.3. The number of allylic oxidation sites excluding steroid dienone is 1. The zero-order valence-electron chi connectivity index (χ0n) is 22.4. The van der Waals surface area contributed by atoms with Crippen LogP contribution in [0.3, 0.4) is 0 Å². The molecule has 0 aromatic carbocycles. The first kappa shape index (κ1) is 23.5. The molecule has 5 fully saturated rings. The first-order valence-corrected chi connectivity index (χ1v) is 13.9. The Labute approximate surface area is 205 Å². The minimum atomic E-state index is -0.634. The number of rotatable bonds is 1. The van der Waals surface area contributed by atoms with Crippen molar-refractivity contribution in [1.29, 1.82) is 0 Å². The van der Waals surface area contributed by atoms with Crippen LogP contribution in [0.15, 0.2) is 11.6 Å². The van der Waals surface area contributed by atoms with Gasteiger partial charge in [0.1, 0.15) is 0 Å². The van der Waals surface area contributed by atoms with Crippen LogP contribution in [0.2, 0.25) is 0 Å². The first-order valence-electron chi connectivity index (χ1n) is 13.9. The number of aliphatic carboxylic acids is 1. The summed E-state index contributed by atoms with van der Waals surface area (Å²) in [6, 6.07) is 0. The van der Waals surface area contributed by atoms with Gasteiger partial charge in [-0.3, -0.25) is 4.79 Å². The second kappa shape index (κ2) is 6.52. The molecule has 1 saturated heterocycles. The molecule has 0 aromatic heterocycles. The Morgan fingerprint density at radius 2 is 1.68 bits per heavy atom. The standard InChI is InChI=1S/C30H46O4/c1-25(2)17-9-12-29(6)18-8-11-26(3)14-15-27(4,24(32)33)16-19(26)30(18,7)23-21(34-23)22(29)28(17,5)13-10-20(25)31/h8,17,19-23,31H,9-16H2,1-7H3,(H,32,33)/t17-,19+,20-,21-,22+,23?,26-,27-,28-,29-,30+/m0/s1. The van der Waals surface area contributed by atoms with E-state index < -0.39 is 11.4 Å². The maximum Gasteiger partial charge on any atom is 0.309 e. The van der Waals surface area contributed by atoms with Crippen molar-refractivity contribution in [1.82, 2.24) is 0 Å². The fraction of sp³-hybridized carbons (Fsp3) is 0.900. The highest BCUT2D eigenvalue weighted by Crippen LogP contribution is 2.78. The number of aliphatic hydroxyl groups is 1. The molecule has 1 aliphatic heterocycles. The molecular formula is C30H46O4. The van der Waals surface area contributed by atoms with E-state index in [9.17, 15) is 15.0 Å². The van der Waals surface area contributed by atoms with Gasteiger partial charge in [0.25, 0.3) is 0 Å². The summed E-state index contributed by atoms with van der Waals surface area (Å²) < 4.78 is 6.77. The number of aliphatic hydroxyl groups excluding tert-OH is 1. The Bertz CT molecular complexity index is 969. The van der Waals surface area contributed by atoms with Crippen LogP contribution in [0.1, 0.15) is 99.8 Å². The Morgan fingerprint density at radius 1 is 0.971 bits per heavy atom. The molecule has 0 aromatic rings. The lowest BCUT2D eigenvalue weighted by molar-refractivity contribution is -0.179. The van der Waals surface area contributed by atoms with Crippen molar-refractivity contribution in [3.05, 3.63) is 11.6 Å². The maximum absolute atomic E-state index is 12.3. The zero-order chi connectivity index (χ0) is 24.7. The average Bonchev–Trinajstić information content (AvgIpc) is 3.53. The smallest absolute Gasteiger partial charge is 0.309 e. The topological polar surface area (TPSA) is 70.1 Å². The molecule has 0 bridgehead atoms. The summed E-state index contributed by atoms with van der Waals surface area (Å²) in [5, 5.41) is 21.1. The predicted molar refractivity (Wildman–Crippen MR) is 132 cm³/mol. The molecule has 0 radical (unpaired) electrons. The van der Waals surface area contributed by atoms with Gasteiger partial charge in [0, 0.05) is 11.3 Å². The Balaban J connectivity index is 1.45. The lowest BCUT2D eigenvalue weighted by atomic mass is 9.34. The van der Waals surface area contributed by atoms with E-state index in [4.69, 9.17) is 4.74 Å². The molecule has 6 aliphatic rings. The monoisotopic (exact) mass is 470 g/mol. The third kappa shape index (κ3) is 2.56. The summed E-state index contributed by atoms with van der Waals surface area (Å²) in [4.78, 5) is 12.3. The summed E-state index contributed by atoms with van der Waals surface area (Å²) in [5.74, 6) is 0.709. The highest BCUT2D eigenvalue weighted by atomic mass is 16.6. The van der Waals surface area contributed by atoms with Gasteiger partial charge in [-0.2, -0.15) is 0 Å². The molecular weight excluding hydrogens is 424 g/mol. The number of carboxylic acids is 1. The van der Waals surface area contributed by atoms with Crippen molar-refractivity contribution in [3.63, 3.8) is 0 Å². The van der Waals surface area contributed by atoms with E-state index in [1.807, 2.05) is 6.92 Å². The number of carbonyl (C=O) groups is 1. The first-order chi connectivity index (χ1) is 15.6. The fourth-order valence-electron chi connectivity index (χ4n) is 11.2. The molecule has 4 heteroatoms. The highest BCUT2D eigenvalue weighted by Gasteiger charge is 2.77. The van der Waals surface area contributed by atoms with Crippen molar-refractivity contribution in [2.75, 3.05) is 0 Å². The summed E-state index contributed by atoms with van der Waals surface area (Å²) in [7, 11) is 0. The Morgan fingerprint density at radius 3 is 2.35 bits per heavy atom. The van der Waals surface area contributed by atoms with Crippen LogP contribution in [-0.4, -0.2) is 34.5 Å². The minimum absolute atomic E-state index is 0.0638. The van der Waals surface area contributed by atoms with Gasteiger partial charge < -0.3 is 14.9 Å². The van der Waals surface area contributed by atoms with Crippen LogP contribution < -0.4 is 0 Å². The predicted octanol–water partition coefficient (Wildman–Crippen LogP) is 6.22. The minimum Gasteiger partial charge on any atom is -0.481 e. The zero-order valence-corrected chi connectivity index (χ0v) is 22.4. The second-order valence-electron chi connectivity index (χ2n) is 15.3. The van der Waals surface area contributed by atoms with E-state index >= 15 is 0 Å². The molecule has 6 rings (SSSR count). The number of fused-ring (bicyclic) bond motifs is 10. The van der Waals surface area contributed by atoms with E-state index in [1.54, 1.807) is 5.57 Å².